The Bertz CT molecular complexity index is 1250. The predicted octanol–water partition coefficient (Wildman–Crippen LogP) is -0.342. The number of carbonyl (C=O) groups excluding carboxylic acids is 4. The lowest BCUT2D eigenvalue weighted by Gasteiger charge is -2.50. The summed E-state index contributed by atoms with van der Waals surface area (Å²) in [5.41, 5.74) is 0.874. The van der Waals surface area contributed by atoms with Gasteiger partial charge in [0, 0.05) is 43.5 Å². The molecule has 34 heavy (non-hydrogen) atoms. The van der Waals surface area contributed by atoms with Crippen molar-refractivity contribution in [3.8, 4) is 5.75 Å². The topological polar surface area (TPSA) is 199 Å². The Balaban J connectivity index is 2.03. The second-order valence-corrected chi connectivity index (χ2v) is 9.10. The van der Waals surface area contributed by atoms with Crippen molar-refractivity contribution in [1.29, 1.82) is 0 Å². The smallest absolute Gasteiger partial charge is 0.255 e. The van der Waals surface area contributed by atoms with Crippen LogP contribution in [0.2, 0.25) is 0 Å². The largest absolute Gasteiger partial charge is 0.508 e. The van der Waals surface area contributed by atoms with Crippen LogP contribution in [0.3, 0.4) is 0 Å². The van der Waals surface area contributed by atoms with E-state index in [1.165, 1.54) is 31.1 Å². The van der Waals surface area contributed by atoms with Crippen molar-refractivity contribution < 1.29 is 44.7 Å². The quantitative estimate of drug-likeness (QED) is 0.312. The maximum Gasteiger partial charge on any atom is 0.255 e. The maximum absolute atomic E-state index is 13.6. The zero-order valence-corrected chi connectivity index (χ0v) is 18.6. The monoisotopic (exact) mass is 472 g/mol. The van der Waals surface area contributed by atoms with E-state index in [1.54, 1.807) is 6.92 Å². The molecule has 180 valence electrons. The fourth-order valence-electron chi connectivity index (χ4n) is 5.51. The maximum atomic E-state index is 13.6. The fraction of sp³-hybridized carbons (Fsp3) is 0.391. The molecule has 5 atom stereocenters. The molecule has 0 heterocycles. The number of nitrogens with zero attached hydrogens (tertiary/aromatic N) is 1. The molecule has 1 aromatic rings. The molecule has 1 aromatic carbocycles. The Labute approximate surface area is 193 Å². The van der Waals surface area contributed by atoms with Crippen LogP contribution in [-0.4, -0.2) is 79.6 Å². The van der Waals surface area contributed by atoms with Gasteiger partial charge in [0.05, 0.1) is 11.7 Å². The SMILES string of the molecule is CC1c2c(C(=O)N(C)C)ccc(O)c2C(O)=C2C(=O)C3(O)C(O)=C(C(N)=O)C(=O)CC3C(O)C21. The molecule has 3 aliphatic rings. The van der Waals surface area contributed by atoms with Crippen LogP contribution in [-0.2, 0) is 14.4 Å². The van der Waals surface area contributed by atoms with E-state index in [0.717, 1.165) is 0 Å². The number of benzene rings is 1. The average Bonchev–Trinajstić information content (AvgIpc) is 2.75. The van der Waals surface area contributed by atoms with Gasteiger partial charge in [0.1, 0.15) is 22.8 Å². The first kappa shape index (κ1) is 23.5. The lowest BCUT2D eigenvalue weighted by molar-refractivity contribution is -0.160. The van der Waals surface area contributed by atoms with E-state index < -0.39 is 87.7 Å². The van der Waals surface area contributed by atoms with Crippen molar-refractivity contribution in [2.75, 3.05) is 14.1 Å². The third kappa shape index (κ3) is 2.77. The highest BCUT2D eigenvalue weighted by atomic mass is 16.4. The molecule has 0 aliphatic heterocycles. The van der Waals surface area contributed by atoms with Gasteiger partial charge in [0.2, 0.25) is 5.78 Å². The number of phenolic OH excluding ortho intramolecular Hbond substituents is 1. The Kier molecular flexibility index (Phi) is 5.11. The molecular weight excluding hydrogens is 448 g/mol. The number of amides is 2. The number of aliphatic hydroxyl groups excluding tert-OH is 3. The summed E-state index contributed by atoms with van der Waals surface area (Å²) in [5, 5.41) is 54.7. The molecule has 11 heteroatoms. The van der Waals surface area contributed by atoms with Crippen LogP contribution >= 0.6 is 0 Å². The van der Waals surface area contributed by atoms with E-state index in [2.05, 4.69) is 0 Å². The second-order valence-electron chi connectivity index (χ2n) is 9.10. The number of phenols is 1. The van der Waals surface area contributed by atoms with Gasteiger partial charge in [-0.25, -0.2) is 0 Å². The van der Waals surface area contributed by atoms with Crippen molar-refractivity contribution >= 4 is 29.1 Å². The Morgan fingerprint density at radius 1 is 1.15 bits per heavy atom. The van der Waals surface area contributed by atoms with Gasteiger partial charge >= 0.3 is 0 Å². The molecule has 5 unspecified atom stereocenters. The van der Waals surface area contributed by atoms with Crippen molar-refractivity contribution in [2.24, 2.45) is 17.6 Å². The first-order valence-corrected chi connectivity index (χ1v) is 10.5. The highest BCUT2D eigenvalue weighted by molar-refractivity contribution is 6.23. The number of hydrogen-bond acceptors (Lipinski definition) is 9. The second kappa shape index (κ2) is 7.40. The Morgan fingerprint density at radius 3 is 2.32 bits per heavy atom. The zero-order chi connectivity index (χ0) is 25.4. The number of Topliss-reactive ketones (excluding diaryl/α,β-unsaturated/α-hetero) is 2. The zero-order valence-electron chi connectivity index (χ0n) is 18.6. The number of carbonyl (C=O) groups is 4. The van der Waals surface area contributed by atoms with Gasteiger partial charge < -0.3 is 36.2 Å². The Hall–Kier alpha value is -3.70. The minimum absolute atomic E-state index is 0.120. The number of hydrogen-bond donors (Lipinski definition) is 6. The molecule has 4 rings (SSSR count). The van der Waals surface area contributed by atoms with Gasteiger partial charge in [-0.2, -0.15) is 0 Å². The molecule has 11 nitrogen and oxygen atoms in total. The first-order valence-electron chi connectivity index (χ1n) is 10.5. The number of aromatic hydroxyl groups is 1. The number of ketones is 2. The molecule has 0 bridgehead atoms. The number of primary amides is 1. The molecule has 2 amide bonds. The molecular formula is C23H24N2O9. The van der Waals surface area contributed by atoms with Crippen LogP contribution < -0.4 is 5.73 Å². The number of aliphatic hydroxyl groups is 4. The summed E-state index contributed by atoms with van der Waals surface area (Å²) >= 11 is 0. The van der Waals surface area contributed by atoms with Gasteiger partial charge in [0.15, 0.2) is 11.4 Å². The molecule has 0 spiro atoms. The lowest BCUT2D eigenvalue weighted by Crippen LogP contribution is -2.64. The van der Waals surface area contributed by atoms with Crippen LogP contribution in [0.1, 0.15) is 40.7 Å². The molecule has 1 fully saturated rings. The molecule has 3 aliphatic carbocycles. The summed E-state index contributed by atoms with van der Waals surface area (Å²) in [4.78, 5) is 51.8. The van der Waals surface area contributed by atoms with E-state index in [0.29, 0.717) is 0 Å². The van der Waals surface area contributed by atoms with E-state index in [9.17, 15) is 44.7 Å². The summed E-state index contributed by atoms with van der Waals surface area (Å²) in [6, 6.07) is 2.53. The van der Waals surface area contributed by atoms with Gasteiger partial charge in [-0.1, -0.05) is 6.92 Å². The summed E-state index contributed by atoms with van der Waals surface area (Å²) in [6.45, 7) is 1.57. The van der Waals surface area contributed by atoms with Crippen LogP contribution in [0.5, 0.6) is 5.75 Å². The predicted molar refractivity (Wildman–Crippen MR) is 116 cm³/mol. The Morgan fingerprint density at radius 2 is 1.76 bits per heavy atom. The highest BCUT2D eigenvalue weighted by Crippen LogP contribution is 2.56. The minimum atomic E-state index is -2.90. The third-order valence-corrected chi connectivity index (χ3v) is 7.12. The van der Waals surface area contributed by atoms with Gasteiger partial charge in [0.25, 0.3) is 11.8 Å². The molecule has 0 radical (unpaired) electrons. The number of rotatable bonds is 2. The molecule has 1 saturated carbocycles. The number of nitrogens with two attached hydrogens (primary N) is 1. The van der Waals surface area contributed by atoms with Crippen LogP contribution in [0.15, 0.2) is 29.0 Å². The van der Waals surface area contributed by atoms with Crippen molar-refractivity contribution in [3.05, 3.63) is 45.7 Å². The summed E-state index contributed by atoms with van der Waals surface area (Å²) in [6.07, 6.45) is -2.33. The standard InChI is InChI=1S/C23H24N2O9/c1-7-12-8(22(33)25(2)3)4-5-10(26)14(12)18(29)16-13(7)17(28)9-6-11(27)15(21(24)32)19(30)23(9,34)20(16)31/h4-5,7,9,13,17,26,28-30,34H,6H2,1-3H3,(H2,24,32). The number of fused-ring (bicyclic) bond motifs is 3. The summed E-state index contributed by atoms with van der Waals surface area (Å²) < 4.78 is 0. The van der Waals surface area contributed by atoms with E-state index in [1.807, 2.05) is 0 Å². The van der Waals surface area contributed by atoms with Crippen molar-refractivity contribution in [1.82, 2.24) is 4.90 Å². The minimum Gasteiger partial charge on any atom is -0.508 e. The summed E-state index contributed by atoms with van der Waals surface area (Å²) in [5.74, 6) is -10.1. The normalized spacial score (nSPS) is 30.5. The van der Waals surface area contributed by atoms with Gasteiger partial charge in [-0.05, 0) is 23.6 Å². The summed E-state index contributed by atoms with van der Waals surface area (Å²) in [7, 11) is 3.02. The first-order chi connectivity index (χ1) is 15.8. The highest BCUT2D eigenvalue weighted by Gasteiger charge is 2.65. The van der Waals surface area contributed by atoms with Gasteiger partial charge in [-0.15, -0.1) is 0 Å². The van der Waals surface area contributed by atoms with Crippen molar-refractivity contribution in [3.63, 3.8) is 0 Å². The third-order valence-electron chi connectivity index (χ3n) is 7.12. The van der Waals surface area contributed by atoms with Gasteiger partial charge in [-0.3, -0.25) is 19.2 Å². The average molecular weight is 472 g/mol. The van der Waals surface area contributed by atoms with Crippen LogP contribution in [0, 0.1) is 11.8 Å². The molecule has 0 saturated heterocycles. The molecule has 7 N–H and O–H groups in total. The van der Waals surface area contributed by atoms with Crippen LogP contribution in [0.4, 0.5) is 0 Å². The molecule has 0 aromatic heterocycles. The van der Waals surface area contributed by atoms with E-state index >= 15 is 0 Å². The lowest BCUT2D eigenvalue weighted by atomic mass is 9.55. The fourth-order valence-corrected chi connectivity index (χ4v) is 5.51. The van der Waals surface area contributed by atoms with Crippen LogP contribution in [0.25, 0.3) is 5.76 Å². The van der Waals surface area contributed by atoms with E-state index in [4.69, 9.17) is 5.73 Å². The van der Waals surface area contributed by atoms with Crippen molar-refractivity contribution in [2.45, 2.75) is 31.0 Å². The van der Waals surface area contributed by atoms with E-state index in [-0.39, 0.29) is 16.7 Å².